The van der Waals surface area contributed by atoms with Crippen molar-refractivity contribution in [2.75, 3.05) is 18.0 Å². The van der Waals surface area contributed by atoms with Crippen molar-refractivity contribution < 1.29 is 0 Å². The Morgan fingerprint density at radius 2 is 2.07 bits per heavy atom. The molecular weight excluding hydrogens is 252 g/mol. The molecule has 0 saturated carbocycles. The van der Waals surface area contributed by atoms with Gasteiger partial charge in [0.2, 0.25) is 0 Å². The summed E-state index contributed by atoms with van der Waals surface area (Å²) in [6, 6.07) is 9.09. The molecule has 0 amide bonds. The molecule has 82 valence electrons. The number of benzene rings is 1. The zero-order valence-electron chi connectivity index (χ0n) is 8.99. The van der Waals surface area contributed by atoms with Crippen LogP contribution in [-0.4, -0.2) is 19.1 Å². The normalized spacial score (nSPS) is 25.9. The van der Waals surface area contributed by atoms with Crippen LogP contribution in [0.2, 0.25) is 0 Å². The zero-order valence-corrected chi connectivity index (χ0v) is 10.6. The molecule has 1 fully saturated rings. The fourth-order valence-corrected chi connectivity index (χ4v) is 2.58. The van der Waals surface area contributed by atoms with E-state index >= 15 is 0 Å². The fourth-order valence-electron chi connectivity index (χ4n) is 2.32. The second-order valence-corrected chi connectivity index (χ2v) is 5.11. The Kier molecular flexibility index (Phi) is 3.32. The summed E-state index contributed by atoms with van der Waals surface area (Å²) >= 11 is 3.46. The number of hydrogen-bond donors (Lipinski definition) is 1. The summed E-state index contributed by atoms with van der Waals surface area (Å²) in [5.74, 6) is 0.647. The lowest BCUT2D eigenvalue weighted by Crippen LogP contribution is -2.32. The van der Waals surface area contributed by atoms with Gasteiger partial charge in [0.1, 0.15) is 0 Å². The minimum atomic E-state index is 0.566. The van der Waals surface area contributed by atoms with E-state index in [2.05, 4.69) is 52.0 Å². The number of anilines is 1. The van der Waals surface area contributed by atoms with Gasteiger partial charge in [-0.2, -0.15) is 0 Å². The molecule has 2 rings (SSSR count). The summed E-state index contributed by atoms with van der Waals surface area (Å²) in [4.78, 5) is 2.45. The molecule has 0 spiro atoms. The maximum atomic E-state index is 5.75. The summed E-state index contributed by atoms with van der Waals surface area (Å²) in [7, 11) is 0. The van der Waals surface area contributed by atoms with E-state index < -0.39 is 0 Å². The molecule has 0 aromatic heterocycles. The number of rotatable bonds is 2. The van der Waals surface area contributed by atoms with E-state index in [1.54, 1.807) is 0 Å². The minimum absolute atomic E-state index is 0.566. The first-order valence-electron chi connectivity index (χ1n) is 5.44. The summed E-state index contributed by atoms with van der Waals surface area (Å²) in [5.41, 5.74) is 7.06. The van der Waals surface area contributed by atoms with E-state index in [0.29, 0.717) is 12.0 Å². The number of nitrogens with zero attached hydrogens (tertiary/aromatic N) is 1. The van der Waals surface area contributed by atoms with Crippen molar-refractivity contribution in [3.63, 3.8) is 0 Å². The van der Waals surface area contributed by atoms with Gasteiger partial charge in [0.05, 0.1) is 0 Å². The molecule has 2 nitrogen and oxygen atoms in total. The van der Waals surface area contributed by atoms with Gasteiger partial charge in [-0.1, -0.05) is 15.9 Å². The first-order chi connectivity index (χ1) is 7.22. The zero-order chi connectivity index (χ0) is 10.8. The highest BCUT2D eigenvalue weighted by atomic mass is 79.9. The van der Waals surface area contributed by atoms with E-state index in [-0.39, 0.29) is 0 Å². The molecule has 15 heavy (non-hydrogen) atoms. The van der Waals surface area contributed by atoms with Crippen LogP contribution in [0.1, 0.15) is 13.3 Å². The topological polar surface area (TPSA) is 29.3 Å². The third kappa shape index (κ3) is 2.18. The molecule has 1 aromatic carbocycles. The SMILES string of the molecule is CC1C(CN)CCN1c1ccc(Br)cc1. The van der Waals surface area contributed by atoms with Crippen LogP contribution in [0.15, 0.2) is 28.7 Å². The highest BCUT2D eigenvalue weighted by Crippen LogP contribution is 2.29. The maximum absolute atomic E-state index is 5.75. The minimum Gasteiger partial charge on any atom is -0.368 e. The molecule has 0 aliphatic carbocycles. The average molecular weight is 269 g/mol. The molecule has 1 saturated heterocycles. The summed E-state index contributed by atoms with van der Waals surface area (Å²) in [6.45, 7) is 4.20. The van der Waals surface area contributed by atoms with E-state index in [9.17, 15) is 0 Å². The molecule has 2 unspecified atom stereocenters. The second-order valence-electron chi connectivity index (χ2n) is 4.19. The molecule has 2 atom stereocenters. The summed E-state index contributed by atoms with van der Waals surface area (Å²) in [6.07, 6.45) is 1.22. The number of halogens is 1. The smallest absolute Gasteiger partial charge is 0.0369 e. The van der Waals surface area contributed by atoms with Gasteiger partial charge in [-0.3, -0.25) is 0 Å². The number of nitrogens with two attached hydrogens (primary N) is 1. The van der Waals surface area contributed by atoms with Crippen LogP contribution in [0, 0.1) is 5.92 Å². The van der Waals surface area contributed by atoms with Crippen molar-refractivity contribution in [3.8, 4) is 0 Å². The van der Waals surface area contributed by atoms with Crippen molar-refractivity contribution >= 4 is 21.6 Å². The molecule has 1 heterocycles. The molecule has 1 aliphatic rings. The Bertz CT molecular complexity index is 323. The van der Waals surface area contributed by atoms with Gasteiger partial charge in [-0.15, -0.1) is 0 Å². The number of hydrogen-bond acceptors (Lipinski definition) is 2. The van der Waals surface area contributed by atoms with Crippen LogP contribution in [0.4, 0.5) is 5.69 Å². The molecule has 3 heteroatoms. The first kappa shape index (κ1) is 11.0. The van der Waals surface area contributed by atoms with E-state index in [1.165, 1.54) is 12.1 Å². The third-order valence-corrected chi connectivity index (χ3v) is 3.90. The molecule has 0 bridgehead atoms. The van der Waals surface area contributed by atoms with Gasteiger partial charge in [-0.05, 0) is 50.1 Å². The van der Waals surface area contributed by atoms with E-state index in [1.807, 2.05) is 0 Å². The van der Waals surface area contributed by atoms with Crippen LogP contribution in [0.3, 0.4) is 0 Å². The molecule has 1 aliphatic heterocycles. The quantitative estimate of drug-likeness (QED) is 0.894. The molecule has 2 N–H and O–H groups in total. The van der Waals surface area contributed by atoms with Gasteiger partial charge in [0.15, 0.2) is 0 Å². The van der Waals surface area contributed by atoms with Crippen LogP contribution in [-0.2, 0) is 0 Å². The van der Waals surface area contributed by atoms with Crippen molar-refractivity contribution in [2.45, 2.75) is 19.4 Å². The van der Waals surface area contributed by atoms with E-state index in [0.717, 1.165) is 17.6 Å². The van der Waals surface area contributed by atoms with Crippen molar-refractivity contribution in [2.24, 2.45) is 11.7 Å². The van der Waals surface area contributed by atoms with Gasteiger partial charge in [0.25, 0.3) is 0 Å². The van der Waals surface area contributed by atoms with Gasteiger partial charge in [-0.25, -0.2) is 0 Å². The molecule has 1 aromatic rings. The van der Waals surface area contributed by atoms with Gasteiger partial charge >= 0.3 is 0 Å². The molecule has 0 radical (unpaired) electrons. The van der Waals surface area contributed by atoms with Crippen molar-refractivity contribution in [1.29, 1.82) is 0 Å². The van der Waals surface area contributed by atoms with E-state index in [4.69, 9.17) is 5.73 Å². The first-order valence-corrected chi connectivity index (χ1v) is 6.24. The standard InChI is InChI=1S/C12H17BrN2/c1-9-10(8-14)6-7-15(9)12-4-2-11(13)3-5-12/h2-5,9-10H,6-8,14H2,1H3. The predicted molar refractivity (Wildman–Crippen MR) is 68.1 cm³/mol. The van der Waals surface area contributed by atoms with Gasteiger partial charge in [0, 0.05) is 22.7 Å². The largest absolute Gasteiger partial charge is 0.368 e. The fraction of sp³-hybridized carbons (Fsp3) is 0.500. The Hall–Kier alpha value is -0.540. The summed E-state index contributed by atoms with van der Waals surface area (Å²) < 4.78 is 1.13. The Labute approximate surface area is 99.6 Å². The highest BCUT2D eigenvalue weighted by molar-refractivity contribution is 9.10. The van der Waals surface area contributed by atoms with Crippen LogP contribution >= 0.6 is 15.9 Å². The Morgan fingerprint density at radius 3 is 2.60 bits per heavy atom. The maximum Gasteiger partial charge on any atom is 0.0369 e. The predicted octanol–water partition coefficient (Wildman–Crippen LogP) is 2.62. The van der Waals surface area contributed by atoms with Crippen LogP contribution in [0.5, 0.6) is 0 Å². The third-order valence-electron chi connectivity index (χ3n) is 3.38. The lowest BCUT2D eigenvalue weighted by Gasteiger charge is -2.26. The Morgan fingerprint density at radius 1 is 1.40 bits per heavy atom. The lowest BCUT2D eigenvalue weighted by molar-refractivity contribution is 0.508. The highest BCUT2D eigenvalue weighted by Gasteiger charge is 2.29. The van der Waals surface area contributed by atoms with Crippen molar-refractivity contribution in [3.05, 3.63) is 28.7 Å². The molecular formula is C12H17BrN2. The van der Waals surface area contributed by atoms with Crippen LogP contribution in [0.25, 0.3) is 0 Å². The van der Waals surface area contributed by atoms with Gasteiger partial charge < -0.3 is 10.6 Å². The lowest BCUT2D eigenvalue weighted by atomic mass is 10.0. The monoisotopic (exact) mass is 268 g/mol. The Balaban J connectivity index is 2.15. The second kappa shape index (κ2) is 4.54. The summed E-state index contributed by atoms with van der Waals surface area (Å²) in [5, 5.41) is 0. The van der Waals surface area contributed by atoms with Crippen molar-refractivity contribution in [1.82, 2.24) is 0 Å². The average Bonchev–Trinajstić information content (AvgIpc) is 2.61. The van der Waals surface area contributed by atoms with Crippen LogP contribution < -0.4 is 10.6 Å².